The summed E-state index contributed by atoms with van der Waals surface area (Å²) in [5, 5.41) is 0. The highest BCUT2D eigenvalue weighted by Crippen LogP contribution is 2.13. The highest BCUT2D eigenvalue weighted by atomic mass is 16.2. The van der Waals surface area contributed by atoms with E-state index in [2.05, 4.69) is 17.1 Å². The number of carbonyl (C=O) groups excluding carboxylic acids is 1. The number of amides is 1. The molecule has 22 heavy (non-hydrogen) atoms. The van der Waals surface area contributed by atoms with Crippen molar-refractivity contribution in [3.05, 3.63) is 66.0 Å². The van der Waals surface area contributed by atoms with Gasteiger partial charge in [-0.25, -0.2) is 0 Å². The number of nitrogens with zero attached hydrogens (tertiary/aromatic N) is 3. The van der Waals surface area contributed by atoms with Gasteiger partial charge in [-0.2, -0.15) is 0 Å². The number of benzene rings is 1. The van der Waals surface area contributed by atoms with Crippen molar-refractivity contribution in [1.82, 2.24) is 9.88 Å². The molecule has 0 aliphatic carbocycles. The van der Waals surface area contributed by atoms with Crippen LogP contribution in [0.15, 0.2) is 54.7 Å². The molecule has 0 unspecified atom stereocenters. The first-order valence-electron chi connectivity index (χ1n) is 7.17. The minimum Gasteiger partial charge on any atom is -0.378 e. The third kappa shape index (κ3) is 4.45. The first-order chi connectivity index (χ1) is 10.6. The Bertz CT molecular complexity index is 633. The minimum atomic E-state index is -0.0395. The lowest BCUT2D eigenvalue weighted by Gasteiger charge is -2.17. The Balaban J connectivity index is 1.95. The molecule has 114 valence electrons. The van der Waals surface area contributed by atoms with Gasteiger partial charge in [0.25, 0.3) is 0 Å². The van der Waals surface area contributed by atoms with Gasteiger partial charge < -0.3 is 9.80 Å². The predicted molar refractivity (Wildman–Crippen MR) is 90.5 cm³/mol. The molecule has 4 heteroatoms. The van der Waals surface area contributed by atoms with Gasteiger partial charge in [0.2, 0.25) is 5.91 Å². The van der Waals surface area contributed by atoms with E-state index >= 15 is 0 Å². The summed E-state index contributed by atoms with van der Waals surface area (Å²) in [4.78, 5) is 20.0. The van der Waals surface area contributed by atoms with Crippen molar-refractivity contribution < 1.29 is 4.79 Å². The molecule has 0 aliphatic heterocycles. The van der Waals surface area contributed by atoms with Crippen LogP contribution < -0.4 is 4.90 Å². The second-order valence-electron chi connectivity index (χ2n) is 5.34. The van der Waals surface area contributed by atoms with Crippen molar-refractivity contribution in [3.63, 3.8) is 0 Å². The van der Waals surface area contributed by atoms with Gasteiger partial charge >= 0.3 is 0 Å². The predicted octanol–water partition coefficient (Wildman–Crippen LogP) is 2.82. The van der Waals surface area contributed by atoms with Crippen molar-refractivity contribution in [2.45, 2.75) is 6.54 Å². The molecular formula is C18H21N3O. The zero-order chi connectivity index (χ0) is 15.9. The number of aromatic nitrogens is 1. The molecular weight excluding hydrogens is 274 g/mol. The molecule has 0 bridgehead atoms. The van der Waals surface area contributed by atoms with Crippen LogP contribution in [0, 0.1) is 0 Å². The van der Waals surface area contributed by atoms with E-state index in [1.54, 1.807) is 30.3 Å². The summed E-state index contributed by atoms with van der Waals surface area (Å²) >= 11 is 0. The number of pyridine rings is 1. The fourth-order valence-corrected chi connectivity index (χ4v) is 2.01. The number of hydrogen-bond donors (Lipinski definition) is 0. The number of hydrogen-bond acceptors (Lipinski definition) is 3. The first-order valence-corrected chi connectivity index (χ1v) is 7.17. The van der Waals surface area contributed by atoms with Crippen LogP contribution >= 0.6 is 0 Å². The molecule has 0 spiro atoms. The van der Waals surface area contributed by atoms with E-state index in [9.17, 15) is 4.79 Å². The molecule has 0 atom stereocenters. The molecule has 0 N–H and O–H groups in total. The molecule has 1 aromatic heterocycles. The summed E-state index contributed by atoms with van der Waals surface area (Å²) in [6, 6.07) is 13.8. The van der Waals surface area contributed by atoms with Crippen LogP contribution in [0.25, 0.3) is 6.08 Å². The van der Waals surface area contributed by atoms with Crippen LogP contribution in [0.1, 0.15) is 11.3 Å². The maximum Gasteiger partial charge on any atom is 0.246 e. The Morgan fingerprint density at radius 2 is 1.82 bits per heavy atom. The molecule has 1 heterocycles. The second kappa shape index (κ2) is 7.41. The van der Waals surface area contributed by atoms with E-state index in [-0.39, 0.29) is 5.91 Å². The topological polar surface area (TPSA) is 36.4 Å². The van der Waals surface area contributed by atoms with E-state index < -0.39 is 0 Å². The van der Waals surface area contributed by atoms with Gasteiger partial charge in [-0.1, -0.05) is 18.2 Å². The van der Waals surface area contributed by atoms with Gasteiger partial charge in [0, 0.05) is 45.6 Å². The highest BCUT2D eigenvalue weighted by molar-refractivity contribution is 5.91. The zero-order valence-corrected chi connectivity index (χ0v) is 13.2. The van der Waals surface area contributed by atoms with Gasteiger partial charge in [0.05, 0.1) is 5.69 Å². The summed E-state index contributed by atoms with van der Waals surface area (Å²) in [6.45, 7) is 0.582. The van der Waals surface area contributed by atoms with Crippen LogP contribution in [0.3, 0.4) is 0 Å². The van der Waals surface area contributed by atoms with Crippen molar-refractivity contribution in [1.29, 1.82) is 0 Å². The Morgan fingerprint density at radius 3 is 2.41 bits per heavy atom. The van der Waals surface area contributed by atoms with Crippen LogP contribution in [0.5, 0.6) is 0 Å². The Kier molecular flexibility index (Phi) is 5.31. The van der Waals surface area contributed by atoms with Crippen LogP contribution in [0.2, 0.25) is 0 Å². The molecule has 4 nitrogen and oxygen atoms in total. The second-order valence-corrected chi connectivity index (χ2v) is 5.34. The average Bonchev–Trinajstić information content (AvgIpc) is 2.54. The Labute approximate surface area is 131 Å². The fraction of sp³-hybridized carbons (Fsp3) is 0.222. The van der Waals surface area contributed by atoms with Gasteiger partial charge in [0.15, 0.2) is 0 Å². The molecule has 2 rings (SSSR count). The average molecular weight is 295 g/mol. The molecule has 1 aromatic carbocycles. The molecule has 0 saturated carbocycles. The third-order valence-electron chi connectivity index (χ3n) is 3.33. The van der Waals surface area contributed by atoms with E-state index in [0.29, 0.717) is 6.54 Å². The molecule has 0 saturated heterocycles. The first kappa shape index (κ1) is 15.8. The van der Waals surface area contributed by atoms with Gasteiger partial charge in [-0.15, -0.1) is 0 Å². The smallest absolute Gasteiger partial charge is 0.246 e. The molecule has 2 aromatic rings. The minimum absolute atomic E-state index is 0.0395. The van der Waals surface area contributed by atoms with Crippen molar-refractivity contribution in [2.75, 3.05) is 26.0 Å². The molecule has 0 aliphatic rings. The third-order valence-corrected chi connectivity index (χ3v) is 3.33. The summed E-state index contributed by atoms with van der Waals surface area (Å²) in [6.07, 6.45) is 4.99. The quantitative estimate of drug-likeness (QED) is 0.796. The van der Waals surface area contributed by atoms with E-state index in [1.807, 2.05) is 49.3 Å². The number of carbonyl (C=O) groups is 1. The molecule has 1 amide bonds. The largest absolute Gasteiger partial charge is 0.378 e. The van der Waals surface area contributed by atoms with Gasteiger partial charge in [-0.05, 0) is 35.9 Å². The normalized spacial score (nSPS) is 10.7. The van der Waals surface area contributed by atoms with E-state index in [1.165, 1.54) is 0 Å². The van der Waals surface area contributed by atoms with Crippen molar-refractivity contribution in [2.24, 2.45) is 0 Å². The Morgan fingerprint density at radius 1 is 1.09 bits per heavy atom. The summed E-state index contributed by atoms with van der Waals surface area (Å²) in [7, 11) is 5.81. The monoisotopic (exact) mass is 295 g/mol. The summed E-state index contributed by atoms with van der Waals surface area (Å²) in [5.74, 6) is -0.0395. The fourth-order valence-electron chi connectivity index (χ4n) is 2.01. The lowest BCUT2D eigenvalue weighted by Crippen LogP contribution is -2.24. The van der Waals surface area contributed by atoms with Crippen molar-refractivity contribution in [3.8, 4) is 0 Å². The van der Waals surface area contributed by atoms with Crippen LogP contribution in [-0.2, 0) is 11.3 Å². The number of rotatable bonds is 5. The lowest BCUT2D eigenvalue weighted by atomic mass is 10.2. The highest BCUT2D eigenvalue weighted by Gasteiger charge is 2.06. The molecule has 0 fully saturated rings. The zero-order valence-electron chi connectivity index (χ0n) is 13.2. The summed E-state index contributed by atoms with van der Waals surface area (Å²) in [5.41, 5.74) is 3.03. The number of likely N-dealkylation sites (N-methyl/N-ethyl adjacent to an activating group) is 1. The molecule has 0 radical (unpaired) electrons. The van der Waals surface area contributed by atoms with Gasteiger partial charge in [0.1, 0.15) is 0 Å². The van der Waals surface area contributed by atoms with E-state index in [4.69, 9.17) is 0 Å². The van der Waals surface area contributed by atoms with E-state index in [0.717, 1.165) is 16.9 Å². The van der Waals surface area contributed by atoms with Crippen LogP contribution in [-0.4, -0.2) is 36.9 Å². The standard InChI is InChI=1S/C18H21N3O/c1-20(2)17-10-7-15(8-11-17)14-21(3)18(22)12-9-16-6-4-5-13-19-16/h4-13H,14H2,1-3H3/b12-9+. The lowest BCUT2D eigenvalue weighted by molar-refractivity contribution is -0.125. The SMILES string of the molecule is CN(Cc1ccc(N(C)C)cc1)C(=O)/C=C/c1ccccn1. The number of anilines is 1. The maximum atomic E-state index is 12.1. The van der Waals surface area contributed by atoms with Crippen LogP contribution in [0.4, 0.5) is 5.69 Å². The van der Waals surface area contributed by atoms with Crippen molar-refractivity contribution >= 4 is 17.7 Å². The summed E-state index contributed by atoms with van der Waals surface area (Å²) < 4.78 is 0. The van der Waals surface area contributed by atoms with Gasteiger partial charge in [-0.3, -0.25) is 9.78 Å². The Hall–Kier alpha value is -2.62. The maximum absolute atomic E-state index is 12.1.